The number of benzene rings is 2. The van der Waals surface area contributed by atoms with E-state index in [0.717, 1.165) is 24.0 Å². The molecule has 0 unspecified atom stereocenters. The molecule has 0 nitrogen and oxygen atoms in total. The minimum atomic E-state index is 0.00350. The Morgan fingerprint density at radius 3 is 1.86 bits per heavy atom. The largest absolute Gasteiger partial charge is 0.115 e. The van der Waals surface area contributed by atoms with E-state index in [1.807, 2.05) is 58.9 Å². The standard InChI is InChI=1S/C22H28.C9H8.2C2H6/c1-9-17-12-11-15(3)13-18(17)20-16(4)21(5,6)14-22(7,8)19(20)10-2;1-3-9-6-4-5-8(2)7-9;2*1-2/h2,11-13H,4,9,14H2,1,3,5-8H3;1,4-7H,2H3;2*1-2H3. The van der Waals surface area contributed by atoms with Crippen LogP contribution in [0.5, 0.6) is 0 Å². The van der Waals surface area contributed by atoms with Gasteiger partial charge in [0.25, 0.3) is 0 Å². The van der Waals surface area contributed by atoms with E-state index < -0.39 is 0 Å². The predicted octanol–water partition coefficient (Wildman–Crippen LogP) is 9.99. The minimum Gasteiger partial charge on any atom is -0.115 e. The van der Waals surface area contributed by atoms with Gasteiger partial charge in [-0.05, 0) is 77.5 Å². The van der Waals surface area contributed by atoms with Crippen LogP contribution >= 0.6 is 0 Å². The first kappa shape index (κ1) is 32.0. The third-order valence-electron chi connectivity index (χ3n) is 6.17. The van der Waals surface area contributed by atoms with Crippen LogP contribution < -0.4 is 0 Å². The lowest BCUT2D eigenvalue weighted by atomic mass is 9.59. The highest BCUT2D eigenvalue weighted by Gasteiger charge is 2.41. The molecule has 0 aliphatic heterocycles. The van der Waals surface area contributed by atoms with Gasteiger partial charge in [-0.15, -0.1) is 12.8 Å². The molecular weight excluding hydrogens is 420 g/mol. The van der Waals surface area contributed by atoms with Crippen molar-refractivity contribution in [3.05, 3.63) is 88.0 Å². The van der Waals surface area contributed by atoms with Crippen molar-refractivity contribution >= 4 is 5.57 Å². The Labute approximate surface area is 218 Å². The van der Waals surface area contributed by atoms with Gasteiger partial charge in [-0.25, -0.2) is 0 Å². The van der Waals surface area contributed by atoms with Gasteiger partial charge in [-0.2, -0.15) is 0 Å². The summed E-state index contributed by atoms with van der Waals surface area (Å²) in [5, 5.41) is 0. The lowest BCUT2D eigenvalue weighted by Crippen LogP contribution is -2.32. The van der Waals surface area contributed by atoms with Crippen LogP contribution in [0.3, 0.4) is 0 Å². The normalized spacial score (nSPS) is 15.1. The molecule has 0 heteroatoms. The molecule has 0 fully saturated rings. The van der Waals surface area contributed by atoms with Crippen molar-refractivity contribution in [2.75, 3.05) is 0 Å². The molecule has 0 bridgehead atoms. The molecule has 0 heterocycles. The maximum Gasteiger partial charge on any atom is 0.0245 e. The van der Waals surface area contributed by atoms with Gasteiger partial charge in [0.05, 0.1) is 0 Å². The van der Waals surface area contributed by atoms with Gasteiger partial charge in [0.1, 0.15) is 0 Å². The first-order chi connectivity index (χ1) is 16.5. The Kier molecular flexibility index (Phi) is 13.2. The second kappa shape index (κ2) is 14.4. The summed E-state index contributed by atoms with van der Waals surface area (Å²) in [7, 11) is 0. The van der Waals surface area contributed by atoms with Crippen LogP contribution in [-0.2, 0) is 6.42 Å². The van der Waals surface area contributed by atoms with E-state index in [-0.39, 0.29) is 10.8 Å². The van der Waals surface area contributed by atoms with Crippen molar-refractivity contribution in [2.45, 2.75) is 89.0 Å². The Morgan fingerprint density at radius 2 is 1.40 bits per heavy atom. The monoisotopic (exact) mass is 468 g/mol. The van der Waals surface area contributed by atoms with Crippen molar-refractivity contribution in [1.29, 1.82) is 0 Å². The zero-order valence-electron chi connectivity index (χ0n) is 24.3. The highest BCUT2D eigenvalue weighted by Crippen LogP contribution is 2.54. The SMILES string of the molecule is C#CC1=C(c2cc(C)ccc2CC)C(=C)C(C)(C)CC1(C)C.C#Cc1cccc(C)c1.CC.CC. The lowest BCUT2D eigenvalue weighted by molar-refractivity contribution is 0.267. The van der Waals surface area contributed by atoms with E-state index in [9.17, 15) is 0 Å². The molecule has 1 aliphatic rings. The molecule has 0 saturated carbocycles. The Hall–Kier alpha value is -2.96. The van der Waals surface area contributed by atoms with Crippen molar-refractivity contribution in [3.63, 3.8) is 0 Å². The molecule has 3 rings (SSSR count). The fourth-order valence-corrected chi connectivity index (χ4v) is 4.66. The van der Waals surface area contributed by atoms with Crippen LogP contribution in [0, 0.1) is 49.4 Å². The van der Waals surface area contributed by atoms with E-state index in [1.165, 1.54) is 33.4 Å². The summed E-state index contributed by atoms with van der Waals surface area (Å²) in [6, 6.07) is 14.6. The van der Waals surface area contributed by atoms with E-state index in [0.29, 0.717) is 0 Å². The zero-order chi connectivity index (χ0) is 27.4. The molecule has 0 spiro atoms. The number of rotatable bonds is 2. The molecular formula is C35H48. The molecule has 2 aromatic carbocycles. The zero-order valence-corrected chi connectivity index (χ0v) is 24.3. The summed E-state index contributed by atoms with van der Waals surface area (Å²) in [6.45, 7) is 27.9. The first-order valence-electron chi connectivity index (χ1n) is 13.0. The van der Waals surface area contributed by atoms with Gasteiger partial charge >= 0.3 is 0 Å². The van der Waals surface area contributed by atoms with Crippen LogP contribution in [0.4, 0.5) is 0 Å². The van der Waals surface area contributed by atoms with E-state index in [1.54, 1.807) is 0 Å². The molecule has 2 aromatic rings. The Bertz CT molecular complexity index is 1090. The van der Waals surface area contributed by atoms with Crippen molar-refractivity contribution in [2.24, 2.45) is 10.8 Å². The second-order valence-electron chi connectivity index (χ2n) is 9.85. The molecule has 0 N–H and O–H groups in total. The molecule has 0 amide bonds. The van der Waals surface area contributed by atoms with E-state index >= 15 is 0 Å². The van der Waals surface area contributed by atoms with Crippen LogP contribution in [0.1, 0.15) is 96.6 Å². The summed E-state index contributed by atoms with van der Waals surface area (Å²) in [5.41, 5.74) is 9.63. The lowest BCUT2D eigenvalue weighted by Gasteiger charge is -2.44. The number of hydrogen-bond donors (Lipinski definition) is 0. The third-order valence-corrected chi connectivity index (χ3v) is 6.17. The van der Waals surface area contributed by atoms with Crippen molar-refractivity contribution in [1.82, 2.24) is 0 Å². The first-order valence-corrected chi connectivity index (χ1v) is 13.0. The maximum atomic E-state index is 5.94. The summed E-state index contributed by atoms with van der Waals surface area (Å²) in [6.07, 6.45) is 13.1. The third kappa shape index (κ3) is 8.34. The second-order valence-corrected chi connectivity index (χ2v) is 9.85. The highest BCUT2D eigenvalue weighted by atomic mass is 14.4. The minimum absolute atomic E-state index is 0.00350. The van der Waals surface area contributed by atoms with Gasteiger partial charge < -0.3 is 0 Å². The van der Waals surface area contributed by atoms with Crippen LogP contribution in [0.15, 0.2) is 60.2 Å². The average molecular weight is 469 g/mol. The van der Waals surface area contributed by atoms with Gasteiger partial charge in [-0.1, -0.05) is 117 Å². The fourth-order valence-electron chi connectivity index (χ4n) is 4.66. The molecule has 0 saturated heterocycles. The number of allylic oxidation sites excluding steroid dienone is 3. The topological polar surface area (TPSA) is 0 Å². The Morgan fingerprint density at radius 1 is 0.829 bits per heavy atom. The predicted molar refractivity (Wildman–Crippen MR) is 159 cm³/mol. The maximum absolute atomic E-state index is 5.94. The van der Waals surface area contributed by atoms with E-state index in [2.05, 4.69) is 78.2 Å². The van der Waals surface area contributed by atoms with Crippen LogP contribution in [0.2, 0.25) is 0 Å². The molecule has 188 valence electrons. The number of aryl methyl sites for hydroxylation is 3. The average Bonchev–Trinajstić information content (AvgIpc) is 2.83. The van der Waals surface area contributed by atoms with Gasteiger partial charge in [-0.3, -0.25) is 0 Å². The van der Waals surface area contributed by atoms with Gasteiger partial charge in [0.15, 0.2) is 0 Å². The molecule has 0 atom stereocenters. The van der Waals surface area contributed by atoms with Crippen LogP contribution in [-0.4, -0.2) is 0 Å². The fraction of sp³-hybridized carbons (Fsp3) is 0.429. The summed E-state index contributed by atoms with van der Waals surface area (Å²) in [5.74, 6) is 5.57. The smallest absolute Gasteiger partial charge is 0.0245 e. The molecule has 1 aliphatic carbocycles. The molecule has 0 radical (unpaired) electrons. The number of terminal acetylenes is 2. The van der Waals surface area contributed by atoms with E-state index in [4.69, 9.17) is 12.8 Å². The summed E-state index contributed by atoms with van der Waals surface area (Å²) < 4.78 is 0. The summed E-state index contributed by atoms with van der Waals surface area (Å²) >= 11 is 0. The van der Waals surface area contributed by atoms with Gasteiger partial charge in [0.2, 0.25) is 0 Å². The summed E-state index contributed by atoms with van der Waals surface area (Å²) in [4.78, 5) is 0. The highest BCUT2D eigenvalue weighted by molar-refractivity contribution is 5.88. The number of hydrogen-bond acceptors (Lipinski definition) is 0. The molecule has 35 heavy (non-hydrogen) atoms. The van der Waals surface area contributed by atoms with Gasteiger partial charge in [0, 0.05) is 11.1 Å². The molecule has 0 aromatic heterocycles. The quantitative estimate of drug-likeness (QED) is 0.385. The van der Waals surface area contributed by atoms with Crippen LogP contribution in [0.25, 0.3) is 5.57 Å². The van der Waals surface area contributed by atoms with Crippen molar-refractivity contribution in [3.8, 4) is 24.7 Å². The Balaban J connectivity index is 0.000000740. The van der Waals surface area contributed by atoms with Crippen molar-refractivity contribution < 1.29 is 0 Å².